The van der Waals surface area contributed by atoms with Gasteiger partial charge in [0.05, 0.1) is 12.6 Å². The zero-order valence-electron chi connectivity index (χ0n) is 12.1. The summed E-state index contributed by atoms with van der Waals surface area (Å²) in [7, 11) is 2.00. The molecule has 0 aliphatic heterocycles. The average Bonchev–Trinajstić information content (AvgIpc) is 2.91. The van der Waals surface area contributed by atoms with Gasteiger partial charge < -0.3 is 10.1 Å². The number of thiophene rings is 1. The summed E-state index contributed by atoms with van der Waals surface area (Å²) in [4.78, 5) is 2.76. The van der Waals surface area contributed by atoms with Gasteiger partial charge >= 0.3 is 0 Å². The van der Waals surface area contributed by atoms with Crippen LogP contribution in [-0.4, -0.2) is 13.7 Å². The Morgan fingerprint density at radius 3 is 2.60 bits per heavy atom. The number of halogens is 1. The Bertz CT molecular complexity index is 567. The Kier molecular flexibility index (Phi) is 5.64. The summed E-state index contributed by atoms with van der Waals surface area (Å²) in [5, 5.41) is 3.40. The van der Waals surface area contributed by atoms with E-state index in [4.69, 9.17) is 4.74 Å². The van der Waals surface area contributed by atoms with E-state index in [1.807, 2.05) is 37.4 Å². The van der Waals surface area contributed by atoms with Gasteiger partial charge in [0.2, 0.25) is 0 Å². The van der Waals surface area contributed by atoms with Crippen molar-refractivity contribution in [3.05, 3.63) is 50.1 Å². The van der Waals surface area contributed by atoms with Crippen molar-refractivity contribution in [2.24, 2.45) is 0 Å². The third-order valence-corrected chi connectivity index (χ3v) is 5.18. The normalized spacial score (nSPS) is 12.4. The Labute approximate surface area is 133 Å². The first kappa shape index (κ1) is 15.5. The molecule has 1 heterocycles. The molecular formula is C16H20BrNOS. The number of benzene rings is 1. The Balaban J connectivity index is 2.31. The van der Waals surface area contributed by atoms with E-state index in [-0.39, 0.29) is 6.04 Å². The predicted octanol–water partition coefficient (Wildman–Crippen LogP) is 4.78. The van der Waals surface area contributed by atoms with Crippen molar-refractivity contribution >= 4 is 27.3 Å². The van der Waals surface area contributed by atoms with E-state index in [1.54, 1.807) is 0 Å². The number of nitrogens with one attached hydrogen (secondary N) is 1. The van der Waals surface area contributed by atoms with Gasteiger partial charge in [0, 0.05) is 14.2 Å². The average molecular weight is 354 g/mol. The summed E-state index contributed by atoms with van der Waals surface area (Å²) in [5.74, 6) is 0.901. The van der Waals surface area contributed by atoms with Gasteiger partial charge in [0.1, 0.15) is 5.75 Å². The number of aryl methyl sites for hydroxylation is 1. The molecule has 2 nitrogen and oxygen atoms in total. The van der Waals surface area contributed by atoms with Gasteiger partial charge in [-0.25, -0.2) is 0 Å². The molecule has 1 unspecified atom stereocenters. The highest BCUT2D eigenvalue weighted by Gasteiger charge is 2.17. The fourth-order valence-electron chi connectivity index (χ4n) is 2.19. The van der Waals surface area contributed by atoms with Crippen LogP contribution in [0, 0.1) is 0 Å². The maximum Gasteiger partial charge on any atom is 0.120 e. The Hall–Kier alpha value is -0.840. The van der Waals surface area contributed by atoms with Crippen LogP contribution in [0.4, 0.5) is 0 Å². The van der Waals surface area contributed by atoms with E-state index >= 15 is 0 Å². The maximum absolute atomic E-state index is 5.53. The Morgan fingerprint density at radius 2 is 2.05 bits per heavy atom. The van der Waals surface area contributed by atoms with Crippen molar-refractivity contribution in [3.8, 4) is 5.75 Å². The topological polar surface area (TPSA) is 21.3 Å². The zero-order valence-corrected chi connectivity index (χ0v) is 14.5. The second kappa shape index (κ2) is 7.25. The van der Waals surface area contributed by atoms with E-state index in [0.717, 1.165) is 16.6 Å². The van der Waals surface area contributed by atoms with Gasteiger partial charge in [-0.2, -0.15) is 0 Å². The standard InChI is InChI=1S/C16H20BrNOS/c1-4-12-7-9-15(20-12)16(18-3)13-8-6-11(19-5-2)10-14(13)17/h6-10,16,18H,4-5H2,1-3H3. The summed E-state index contributed by atoms with van der Waals surface area (Å²) >= 11 is 5.53. The first-order chi connectivity index (χ1) is 9.69. The van der Waals surface area contributed by atoms with E-state index in [1.165, 1.54) is 15.3 Å². The molecule has 0 bridgehead atoms. The molecule has 1 aromatic carbocycles. The van der Waals surface area contributed by atoms with Crippen LogP contribution in [0.3, 0.4) is 0 Å². The highest BCUT2D eigenvalue weighted by Crippen LogP contribution is 2.34. The largest absolute Gasteiger partial charge is 0.494 e. The third kappa shape index (κ3) is 3.43. The summed E-state index contributed by atoms with van der Waals surface area (Å²) in [6.45, 7) is 4.87. The molecule has 1 aromatic heterocycles. The molecule has 4 heteroatoms. The number of rotatable bonds is 6. The lowest BCUT2D eigenvalue weighted by Gasteiger charge is -2.17. The van der Waals surface area contributed by atoms with Crippen LogP contribution in [0.25, 0.3) is 0 Å². The van der Waals surface area contributed by atoms with Crippen LogP contribution in [0.15, 0.2) is 34.8 Å². The maximum atomic E-state index is 5.53. The van der Waals surface area contributed by atoms with Crippen LogP contribution < -0.4 is 10.1 Å². The third-order valence-electron chi connectivity index (χ3n) is 3.20. The van der Waals surface area contributed by atoms with Gasteiger partial charge in [0.15, 0.2) is 0 Å². The summed E-state index contributed by atoms with van der Waals surface area (Å²) < 4.78 is 6.61. The number of hydrogen-bond acceptors (Lipinski definition) is 3. The van der Waals surface area contributed by atoms with Crippen LogP contribution in [-0.2, 0) is 6.42 Å². The second-order valence-electron chi connectivity index (χ2n) is 4.50. The molecule has 0 radical (unpaired) electrons. The summed E-state index contributed by atoms with van der Waals surface area (Å²) in [6, 6.07) is 10.8. The molecule has 20 heavy (non-hydrogen) atoms. The molecule has 1 atom stereocenters. The molecule has 0 amide bonds. The van der Waals surface area contributed by atoms with Crippen molar-refractivity contribution in [3.63, 3.8) is 0 Å². The van der Waals surface area contributed by atoms with E-state index in [0.29, 0.717) is 6.61 Å². The molecule has 0 spiro atoms. The lowest BCUT2D eigenvalue weighted by molar-refractivity contribution is 0.340. The van der Waals surface area contributed by atoms with Crippen molar-refractivity contribution in [2.45, 2.75) is 26.3 Å². The van der Waals surface area contributed by atoms with E-state index < -0.39 is 0 Å². The van der Waals surface area contributed by atoms with Crippen molar-refractivity contribution in [1.82, 2.24) is 5.32 Å². The quantitative estimate of drug-likeness (QED) is 0.806. The number of ether oxygens (including phenoxy) is 1. The van der Waals surface area contributed by atoms with Gasteiger partial charge in [-0.15, -0.1) is 11.3 Å². The lowest BCUT2D eigenvalue weighted by atomic mass is 10.1. The predicted molar refractivity (Wildman–Crippen MR) is 89.9 cm³/mol. The molecule has 1 N–H and O–H groups in total. The minimum absolute atomic E-state index is 0.213. The Morgan fingerprint density at radius 1 is 1.25 bits per heavy atom. The summed E-state index contributed by atoms with van der Waals surface area (Å²) in [5.41, 5.74) is 1.24. The molecule has 0 aliphatic carbocycles. The first-order valence-corrected chi connectivity index (χ1v) is 8.48. The molecule has 108 valence electrons. The first-order valence-electron chi connectivity index (χ1n) is 6.87. The molecule has 0 aliphatic rings. The molecule has 2 aromatic rings. The minimum atomic E-state index is 0.213. The van der Waals surface area contributed by atoms with Crippen LogP contribution in [0.5, 0.6) is 5.75 Å². The van der Waals surface area contributed by atoms with Crippen LogP contribution in [0.1, 0.15) is 35.2 Å². The van der Waals surface area contributed by atoms with Crippen molar-refractivity contribution in [2.75, 3.05) is 13.7 Å². The van der Waals surface area contributed by atoms with Gasteiger partial charge in [-0.1, -0.05) is 28.9 Å². The van der Waals surface area contributed by atoms with Crippen LogP contribution in [0.2, 0.25) is 0 Å². The molecule has 0 fully saturated rings. The minimum Gasteiger partial charge on any atom is -0.494 e. The van der Waals surface area contributed by atoms with Gasteiger partial charge in [-0.3, -0.25) is 0 Å². The fourth-order valence-corrected chi connectivity index (χ4v) is 3.86. The molecule has 2 rings (SSSR count). The highest BCUT2D eigenvalue weighted by molar-refractivity contribution is 9.10. The molecule has 0 saturated heterocycles. The fraction of sp³-hybridized carbons (Fsp3) is 0.375. The lowest BCUT2D eigenvalue weighted by Crippen LogP contribution is -2.17. The van der Waals surface area contributed by atoms with Crippen molar-refractivity contribution < 1.29 is 4.74 Å². The monoisotopic (exact) mass is 353 g/mol. The SMILES string of the molecule is CCOc1ccc(C(NC)c2ccc(CC)s2)c(Br)c1. The smallest absolute Gasteiger partial charge is 0.120 e. The van der Waals surface area contributed by atoms with E-state index in [9.17, 15) is 0 Å². The molecule has 0 saturated carbocycles. The second-order valence-corrected chi connectivity index (χ2v) is 6.55. The number of hydrogen-bond donors (Lipinski definition) is 1. The summed E-state index contributed by atoms with van der Waals surface area (Å²) in [6.07, 6.45) is 1.09. The molecular weight excluding hydrogens is 334 g/mol. The van der Waals surface area contributed by atoms with E-state index in [2.05, 4.69) is 46.4 Å². The zero-order chi connectivity index (χ0) is 14.5. The van der Waals surface area contributed by atoms with Crippen LogP contribution >= 0.6 is 27.3 Å². The van der Waals surface area contributed by atoms with Crippen molar-refractivity contribution in [1.29, 1.82) is 0 Å². The highest BCUT2D eigenvalue weighted by atomic mass is 79.9. The van der Waals surface area contributed by atoms with Gasteiger partial charge in [0.25, 0.3) is 0 Å². The van der Waals surface area contributed by atoms with Gasteiger partial charge in [-0.05, 0) is 50.2 Å².